The van der Waals surface area contributed by atoms with Crippen molar-refractivity contribution < 1.29 is 64.6 Å². The molecule has 2 fully saturated rings. The highest BCUT2D eigenvalue weighted by Crippen LogP contribution is 2.30. The zero-order chi connectivity index (χ0) is 45.4. The van der Waals surface area contributed by atoms with Gasteiger partial charge in [0.2, 0.25) is 5.91 Å². The first kappa shape index (κ1) is 56.3. The Labute approximate surface area is 372 Å². The van der Waals surface area contributed by atoms with Crippen LogP contribution < -0.4 is 5.32 Å². The smallest absolute Gasteiger partial charge is 0.220 e. The third-order valence-electron chi connectivity index (χ3n) is 11.8. The van der Waals surface area contributed by atoms with Crippen LogP contribution in [0.5, 0.6) is 0 Å². The normalized spacial score (nSPS) is 28.0. The largest absolute Gasteiger partial charge is 0.394 e. The number of carbonyl (C=O) groups is 1. The third kappa shape index (κ3) is 22.9. The Balaban J connectivity index is 1.89. The van der Waals surface area contributed by atoms with Gasteiger partial charge >= 0.3 is 0 Å². The third-order valence-corrected chi connectivity index (χ3v) is 11.8. The van der Waals surface area contributed by atoms with Gasteiger partial charge in [0, 0.05) is 6.42 Å². The maximum Gasteiger partial charge on any atom is 0.220 e. The van der Waals surface area contributed by atoms with E-state index in [0.29, 0.717) is 6.42 Å². The molecule has 362 valence electrons. The monoisotopic (exact) mass is 886 g/mol. The number of carbonyl (C=O) groups excluding carboxylic acids is 1. The van der Waals surface area contributed by atoms with E-state index in [2.05, 4.69) is 43.5 Å². The van der Waals surface area contributed by atoms with Gasteiger partial charge < -0.3 is 65.1 Å². The zero-order valence-corrected chi connectivity index (χ0v) is 38.1. The first-order valence-electron chi connectivity index (χ1n) is 24.2. The minimum atomic E-state index is -1.79. The van der Waals surface area contributed by atoms with Crippen molar-refractivity contribution in [1.82, 2.24) is 5.32 Å². The summed E-state index contributed by atoms with van der Waals surface area (Å²) in [6.07, 6.45) is 21.8. The van der Waals surface area contributed by atoms with E-state index in [4.69, 9.17) is 18.9 Å². The summed E-state index contributed by atoms with van der Waals surface area (Å²) in [5.41, 5.74) is 0. The van der Waals surface area contributed by atoms with Gasteiger partial charge in [0.1, 0.15) is 48.8 Å². The highest BCUT2D eigenvalue weighted by atomic mass is 16.7. The molecular formula is C48H87NO13. The molecule has 2 rings (SSSR count). The number of unbranched alkanes of at least 4 members (excludes halogenated alkanes) is 19. The molecule has 14 nitrogen and oxygen atoms in total. The SMILES string of the molecule is CCCC/C=C\C/C=C\CCCCCCCC(=O)NC(COC1OC(CO)C(OC2OC(CO)C(O)C(O)C2O)C(O)C1O)C(O)/C=C/CCCCCCCCCCCCCC. The van der Waals surface area contributed by atoms with Gasteiger partial charge in [-0.2, -0.15) is 0 Å². The molecule has 0 aromatic carbocycles. The lowest BCUT2D eigenvalue weighted by molar-refractivity contribution is -0.359. The molecule has 2 aliphatic heterocycles. The van der Waals surface area contributed by atoms with Crippen molar-refractivity contribution >= 4 is 5.91 Å². The number of ether oxygens (including phenoxy) is 4. The van der Waals surface area contributed by atoms with Gasteiger partial charge in [-0.25, -0.2) is 0 Å². The van der Waals surface area contributed by atoms with Crippen LogP contribution in [0.25, 0.3) is 0 Å². The Hall–Kier alpha value is -1.79. The summed E-state index contributed by atoms with van der Waals surface area (Å²) in [5, 5.41) is 86.6. The number of rotatable bonds is 36. The van der Waals surface area contributed by atoms with Crippen LogP contribution in [0.1, 0.15) is 168 Å². The van der Waals surface area contributed by atoms with Crippen LogP contribution in [0.4, 0.5) is 0 Å². The molecule has 2 saturated heterocycles. The van der Waals surface area contributed by atoms with E-state index >= 15 is 0 Å². The maximum atomic E-state index is 13.1. The molecular weight excluding hydrogens is 799 g/mol. The van der Waals surface area contributed by atoms with Crippen molar-refractivity contribution in [1.29, 1.82) is 0 Å². The molecule has 0 saturated carbocycles. The molecule has 0 bridgehead atoms. The number of aliphatic hydroxyl groups excluding tert-OH is 8. The summed E-state index contributed by atoms with van der Waals surface area (Å²) in [6, 6.07) is -0.919. The minimum Gasteiger partial charge on any atom is -0.394 e. The fourth-order valence-corrected chi connectivity index (χ4v) is 7.78. The number of aliphatic hydroxyl groups is 8. The molecule has 12 atom stereocenters. The van der Waals surface area contributed by atoms with E-state index in [9.17, 15) is 45.6 Å². The van der Waals surface area contributed by atoms with Gasteiger partial charge in [0.25, 0.3) is 0 Å². The average molecular weight is 886 g/mol. The predicted molar refractivity (Wildman–Crippen MR) is 240 cm³/mol. The Morgan fingerprint density at radius 1 is 0.581 bits per heavy atom. The van der Waals surface area contributed by atoms with Crippen LogP contribution in [0.15, 0.2) is 36.5 Å². The molecule has 0 aliphatic carbocycles. The topological polar surface area (TPSA) is 228 Å². The Morgan fingerprint density at radius 3 is 1.66 bits per heavy atom. The standard InChI is InChI=1S/C48H87NO13/c1-3-5-7-9-11-13-15-17-19-21-23-25-27-29-31-37(52)36(49-40(53)32-30-28-26-24-22-20-18-16-14-12-10-8-6-4-2)35-59-47-45(58)43(56)46(39(34-51)61-47)62-48-44(57)42(55)41(54)38(33-50)60-48/h10,12,16,18,29,31,36-39,41-48,50-52,54-58H,3-9,11,13-15,17,19-28,30,32-35H2,1-2H3,(H,49,53)/b12-10-,18-16-,31-29+. The molecule has 1 amide bonds. The number of nitrogens with one attached hydrogen (secondary N) is 1. The average Bonchev–Trinajstić information content (AvgIpc) is 3.27. The van der Waals surface area contributed by atoms with Gasteiger partial charge in [-0.1, -0.05) is 153 Å². The van der Waals surface area contributed by atoms with E-state index in [-0.39, 0.29) is 18.9 Å². The Morgan fingerprint density at radius 2 is 1.08 bits per heavy atom. The summed E-state index contributed by atoms with van der Waals surface area (Å²) in [5.74, 6) is -0.256. The fourth-order valence-electron chi connectivity index (χ4n) is 7.78. The molecule has 2 heterocycles. The first-order chi connectivity index (χ1) is 30.1. The van der Waals surface area contributed by atoms with Crippen molar-refractivity contribution in [3.8, 4) is 0 Å². The van der Waals surface area contributed by atoms with Crippen LogP contribution in [0.2, 0.25) is 0 Å². The molecule has 62 heavy (non-hydrogen) atoms. The van der Waals surface area contributed by atoms with Crippen LogP contribution >= 0.6 is 0 Å². The molecule has 2 aliphatic rings. The van der Waals surface area contributed by atoms with E-state index in [1.165, 1.54) is 77.0 Å². The van der Waals surface area contributed by atoms with E-state index in [1.54, 1.807) is 6.08 Å². The van der Waals surface area contributed by atoms with Crippen LogP contribution in [0, 0.1) is 0 Å². The number of allylic oxidation sites excluding steroid dienone is 5. The van der Waals surface area contributed by atoms with E-state index < -0.39 is 86.8 Å². The highest BCUT2D eigenvalue weighted by Gasteiger charge is 2.51. The second-order valence-electron chi connectivity index (χ2n) is 17.2. The molecule has 12 unspecified atom stereocenters. The predicted octanol–water partition coefficient (Wildman–Crippen LogP) is 5.54. The van der Waals surface area contributed by atoms with E-state index in [1.807, 2.05) is 6.08 Å². The molecule has 0 spiro atoms. The van der Waals surface area contributed by atoms with E-state index in [0.717, 1.165) is 64.2 Å². The van der Waals surface area contributed by atoms with Gasteiger partial charge in [-0.05, 0) is 44.9 Å². The first-order valence-corrected chi connectivity index (χ1v) is 24.2. The summed E-state index contributed by atoms with van der Waals surface area (Å²) in [6.45, 7) is 2.71. The van der Waals surface area contributed by atoms with Crippen LogP contribution in [-0.2, 0) is 23.7 Å². The molecule has 0 aromatic heterocycles. The molecule has 0 radical (unpaired) electrons. The highest BCUT2D eigenvalue weighted by molar-refractivity contribution is 5.76. The Kier molecular flexibility index (Phi) is 32.2. The van der Waals surface area contributed by atoms with Gasteiger partial charge in [-0.3, -0.25) is 4.79 Å². The lowest BCUT2D eigenvalue weighted by Gasteiger charge is -2.46. The summed E-state index contributed by atoms with van der Waals surface area (Å²) in [4.78, 5) is 13.1. The van der Waals surface area contributed by atoms with Gasteiger partial charge in [0.05, 0.1) is 32.0 Å². The maximum absolute atomic E-state index is 13.1. The van der Waals surface area contributed by atoms with Crippen molar-refractivity contribution in [2.75, 3.05) is 19.8 Å². The molecule has 0 aromatic rings. The van der Waals surface area contributed by atoms with Crippen molar-refractivity contribution in [2.24, 2.45) is 0 Å². The second-order valence-corrected chi connectivity index (χ2v) is 17.2. The van der Waals surface area contributed by atoms with Crippen LogP contribution in [0.3, 0.4) is 0 Å². The number of amides is 1. The second kappa shape index (κ2) is 35.5. The molecule has 9 N–H and O–H groups in total. The van der Waals surface area contributed by atoms with Crippen molar-refractivity contribution in [3.05, 3.63) is 36.5 Å². The van der Waals surface area contributed by atoms with Crippen molar-refractivity contribution in [2.45, 2.75) is 242 Å². The van der Waals surface area contributed by atoms with Gasteiger partial charge in [-0.15, -0.1) is 0 Å². The number of hydrogen-bond donors (Lipinski definition) is 9. The van der Waals surface area contributed by atoms with Gasteiger partial charge in [0.15, 0.2) is 12.6 Å². The lowest BCUT2D eigenvalue weighted by atomic mass is 9.97. The summed E-state index contributed by atoms with van der Waals surface area (Å²) < 4.78 is 22.6. The molecule has 14 heteroatoms. The Bertz CT molecular complexity index is 1190. The summed E-state index contributed by atoms with van der Waals surface area (Å²) >= 11 is 0. The minimum absolute atomic E-state index is 0.256. The van der Waals surface area contributed by atoms with Crippen molar-refractivity contribution in [3.63, 3.8) is 0 Å². The summed E-state index contributed by atoms with van der Waals surface area (Å²) in [7, 11) is 0. The van der Waals surface area contributed by atoms with Crippen LogP contribution in [-0.4, -0.2) is 140 Å². The zero-order valence-electron chi connectivity index (χ0n) is 38.1. The fraction of sp³-hybridized carbons (Fsp3) is 0.854. The quantitative estimate of drug-likeness (QED) is 0.0279. The lowest BCUT2D eigenvalue weighted by Crippen LogP contribution is -2.65. The number of hydrogen-bond acceptors (Lipinski definition) is 13.